The minimum Gasteiger partial charge on any atom is -0.444 e. The summed E-state index contributed by atoms with van der Waals surface area (Å²) >= 11 is 0. The summed E-state index contributed by atoms with van der Waals surface area (Å²) in [6.07, 6.45) is 2.44. The van der Waals surface area contributed by atoms with Crippen LogP contribution in [0.25, 0.3) is 11.4 Å². The van der Waals surface area contributed by atoms with Crippen molar-refractivity contribution >= 4 is 6.09 Å². The van der Waals surface area contributed by atoms with Crippen LogP contribution in [0.2, 0.25) is 0 Å². The molecule has 6 nitrogen and oxygen atoms in total. The topological polar surface area (TPSA) is 68.5 Å². The van der Waals surface area contributed by atoms with Crippen LogP contribution in [0.3, 0.4) is 0 Å². The van der Waals surface area contributed by atoms with Crippen molar-refractivity contribution < 1.29 is 14.1 Å². The molecule has 0 N–H and O–H groups in total. The maximum absolute atomic E-state index is 12.3. The summed E-state index contributed by atoms with van der Waals surface area (Å²) in [6, 6.07) is 7.99. The molecule has 0 bridgehead atoms. The van der Waals surface area contributed by atoms with Gasteiger partial charge in [-0.25, -0.2) is 4.79 Å². The number of aryl methyl sites for hydroxylation is 1. The number of hydrogen-bond acceptors (Lipinski definition) is 5. The van der Waals surface area contributed by atoms with E-state index in [1.54, 1.807) is 4.90 Å². The zero-order chi connectivity index (χ0) is 18.7. The Morgan fingerprint density at radius 1 is 1.35 bits per heavy atom. The molecule has 2 aromatic rings. The Morgan fingerprint density at radius 2 is 2.12 bits per heavy atom. The smallest absolute Gasteiger partial charge is 0.410 e. The highest BCUT2D eigenvalue weighted by Gasteiger charge is 2.28. The number of likely N-dealkylation sites (tertiary alicyclic amines) is 1. The van der Waals surface area contributed by atoms with Gasteiger partial charge >= 0.3 is 6.09 Å². The number of nitrogens with zero attached hydrogens (tertiary/aromatic N) is 3. The van der Waals surface area contributed by atoms with E-state index in [0.29, 0.717) is 30.6 Å². The minimum absolute atomic E-state index is 0.242. The van der Waals surface area contributed by atoms with Crippen molar-refractivity contribution in [3.63, 3.8) is 0 Å². The summed E-state index contributed by atoms with van der Waals surface area (Å²) in [5.41, 5.74) is 1.63. The predicted molar refractivity (Wildman–Crippen MR) is 98.7 cm³/mol. The standard InChI is InChI=1S/C20H27N3O3/c1-14-8-5-6-10-16(14)18-21-17(26-22-18)12-15-9-7-11-23(13-15)19(24)25-20(2,3)4/h5-6,8,10,15H,7,9,11-13H2,1-4H3. The Balaban J connectivity index is 1.63. The van der Waals surface area contributed by atoms with Gasteiger partial charge in [0.05, 0.1) is 0 Å². The molecular weight excluding hydrogens is 330 g/mol. The normalized spacial score (nSPS) is 18.0. The summed E-state index contributed by atoms with van der Waals surface area (Å²) in [5, 5.41) is 4.12. The van der Waals surface area contributed by atoms with Crippen molar-refractivity contribution in [2.45, 2.75) is 52.6 Å². The highest BCUT2D eigenvalue weighted by Crippen LogP contribution is 2.24. The van der Waals surface area contributed by atoms with Gasteiger partial charge < -0.3 is 14.2 Å². The zero-order valence-corrected chi connectivity index (χ0v) is 16.0. The van der Waals surface area contributed by atoms with Crippen molar-refractivity contribution in [2.24, 2.45) is 5.92 Å². The molecule has 1 aromatic heterocycles. The van der Waals surface area contributed by atoms with Crippen LogP contribution >= 0.6 is 0 Å². The zero-order valence-electron chi connectivity index (χ0n) is 16.0. The summed E-state index contributed by atoms with van der Waals surface area (Å²) in [4.78, 5) is 18.6. The first kappa shape index (κ1) is 18.4. The second kappa shape index (κ2) is 7.48. The lowest BCUT2D eigenvalue weighted by atomic mass is 9.95. The van der Waals surface area contributed by atoms with E-state index in [4.69, 9.17) is 9.26 Å². The van der Waals surface area contributed by atoms with Crippen LogP contribution in [-0.4, -0.2) is 39.8 Å². The van der Waals surface area contributed by atoms with Gasteiger partial charge in [0.1, 0.15) is 5.60 Å². The lowest BCUT2D eigenvalue weighted by molar-refractivity contribution is 0.0162. The first-order valence-electron chi connectivity index (χ1n) is 9.18. The Kier molecular flexibility index (Phi) is 5.30. The van der Waals surface area contributed by atoms with Gasteiger partial charge in [0.25, 0.3) is 0 Å². The van der Waals surface area contributed by atoms with E-state index in [0.717, 1.165) is 30.5 Å². The number of benzene rings is 1. The molecule has 1 aromatic carbocycles. The fraction of sp³-hybridized carbons (Fsp3) is 0.550. The molecule has 1 fully saturated rings. The number of piperidine rings is 1. The maximum Gasteiger partial charge on any atom is 0.410 e. The van der Waals surface area contributed by atoms with Crippen molar-refractivity contribution in [2.75, 3.05) is 13.1 Å². The van der Waals surface area contributed by atoms with Crippen LogP contribution in [0.5, 0.6) is 0 Å². The molecular formula is C20H27N3O3. The Bertz CT molecular complexity index is 764. The van der Waals surface area contributed by atoms with Crippen LogP contribution < -0.4 is 0 Å². The molecule has 1 aliphatic heterocycles. The van der Waals surface area contributed by atoms with E-state index in [9.17, 15) is 4.79 Å². The summed E-state index contributed by atoms with van der Waals surface area (Å²) < 4.78 is 10.9. The number of aromatic nitrogens is 2. The van der Waals surface area contributed by atoms with Gasteiger partial charge in [-0.3, -0.25) is 0 Å². The van der Waals surface area contributed by atoms with Gasteiger partial charge in [-0.15, -0.1) is 0 Å². The quantitative estimate of drug-likeness (QED) is 0.822. The van der Waals surface area contributed by atoms with Crippen LogP contribution in [0.1, 0.15) is 45.1 Å². The lowest BCUT2D eigenvalue weighted by Gasteiger charge is -2.33. The molecule has 140 valence electrons. The van der Waals surface area contributed by atoms with Crippen LogP contribution in [0.4, 0.5) is 4.79 Å². The third-order valence-electron chi connectivity index (χ3n) is 4.49. The van der Waals surface area contributed by atoms with Crippen LogP contribution in [-0.2, 0) is 11.2 Å². The molecule has 1 atom stereocenters. The van der Waals surface area contributed by atoms with Crippen molar-refractivity contribution in [3.8, 4) is 11.4 Å². The summed E-state index contributed by atoms with van der Waals surface area (Å²) in [7, 11) is 0. The number of hydrogen-bond donors (Lipinski definition) is 0. The Labute approximate surface area is 154 Å². The molecule has 2 heterocycles. The van der Waals surface area contributed by atoms with E-state index in [-0.39, 0.29) is 6.09 Å². The second-order valence-electron chi connectivity index (χ2n) is 7.97. The number of rotatable bonds is 3. The molecule has 1 unspecified atom stereocenters. The number of carbonyl (C=O) groups excluding carboxylic acids is 1. The van der Waals surface area contributed by atoms with Crippen LogP contribution in [0.15, 0.2) is 28.8 Å². The van der Waals surface area contributed by atoms with Gasteiger partial charge in [-0.2, -0.15) is 4.98 Å². The highest BCUT2D eigenvalue weighted by molar-refractivity contribution is 5.68. The Hall–Kier alpha value is -2.37. The van der Waals surface area contributed by atoms with E-state index in [1.807, 2.05) is 52.0 Å². The van der Waals surface area contributed by atoms with E-state index in [1.165, 1.54) is 0 Å². The lowest BCUT2D eigenvalue weighted by Crippen LogP contribution is -2.43. The number of ether oxygens (including phenoxy) is 1. The summed E-state index contributed by atoms with van der Waals surface area (Å²) in [5.74, 6) is 1.55. The van der Waals surface area contributed by atoms with Crippen molar-refractivity contribution in [3.05, 3.63) is 35.7 Å². The highest BCUT2D eigenvalue weighted by atomic mass is 16.6. The predicted octanol–water partition coefficient (Wildman–Crippen LogP) is 4.23. The molecule has 0 aliphatic carbocycles. The van der Waals surface area contributed by atoms with E-state index < -0.39 is 5.60 Å². The first-order valence-corrected chi connectivity index (χ1v) is 9.18. The number of amides is 1. The molecule has 3 rings (SSSR count). The van der Waals surface area contributed by atoms with Gasteiger partial charge in [0.15, 0.2) is 0 Å². The van der Waals surface area contributed by atoms with Gasteiger partial charge in [0, 0.05) is 25.1 Å². The van der Waals surface area contributed by atoms with Crippen molar-refractivity contribution in [1.82, 2.24) is 15.0 Å². The molecule has 0 spiro atoms. The van der Waals surface area contributed by atoms with E-state index in [2.05, 4.69) is 10.1 Å². The fourth-order valence-electron chi connectivity index (χ4n) is 3.24. The van der Waals surface area contributed by atoms with E-state index >= 15 is 0 Å². The SMILES string of the molecule is Cc1ccccc1-c1noc(CC2CCCN(C(=O)OC(C)(C)C)C2)n1. The molecule has 6 heteroatoms. The monoisotopic (exact) mass is 357 g/mol. The second-order valence-corrected chi connectivity index (χ2v) is 7.97. The average Bonchev–Trinajstić information content (AvgIpc) is 3.02. The third-order valence-corrected chi connectivity index (χ3v) is 4.49. The molecule has 26 heavy (non-hydrogen) atoms. The largest absolute Gasteiger partial charge is 0.444 e. The summed E-state index contributed by atoms with van der Waals surface area (Å²) in [6.45, 7) is 9.10. The molecule has 1 saturated heterocycles. The molecule has 0 saturated carbocycles. The first-order chi connectivity index (χ1) is 12.3. The van der Waals surface area contributed by atoms with Crippen LogP contribution in [0, 0.1) is 12.8 Å². The maximum atomic E-state index is 12.3. The van der Waals surface area contributed by atoms with Crippen molar-refractivity contribution in [1.29, 1.82) is 0 Å². The third kappa shape index (κ3) is 4.62. The molecule has 0 radical (unpaired) electrons. The van der Waals surface area contributed by atoms with Gasteiger partial charge in [-0.05, 0) is 52.0 Å². The molecule has 1 aliphatic rings. The molecule has 1 amide bonds. The fourth-order valence-corrected chi connectivity index (χ4v) is 3.24. The van der Waals surface area contributed by atoms with Gasteiger partial charge in [-0.1, -0.05) is 29.4 Å². The average molecular weight is 357 g/mol. The van der Waals surface area contributed by atoms with Gasteiger partial charge in [0.2, 0.25) is 11.7 Å². The minimum atomic E-state index is -0.473. The Morgan fingerprint density at radius 3 is 2.85 bits per heavy atom. The number of carbonyl (C=O) groups is 1.